The SMILES string of the molecule is CCC(C)(C)C(=O)OCCNC(=O)NCCC[Si](Oc1ccccc1)(Oc1ccccc1)Oc1ccccc1. The molecule has 0 saturated carbocycles. The van der Waals surface area contributed by atoms with Crippen molar-refractivity contribution in [3.05, 3.63) is 91.0 Å². The van der Waals surface area contributed by atoms with Crippen LogP contribution in [-0.4, -0.2) is 40.5 Å². The van der Waals surface area contributed by atoms with Crippen LogP contribution in [0.25, 0.3) is 0 Å². The van der Waals surface area contributed by atoms with E-state index < -0.39 is 14.2 Å². The molecule has 2 N–H and O–H groups in total. The second-order valence-corrected chi connectivity index (χ2v) is 12.1. The minimum Gasteiger partial charge on any atom is -0.483 e. The van der Waals surface area contributed by atoms with E-state index in [9.17, 15) is 9.59 Å². The molecule has 39 heavy (non-hydrogen) atoms. The van der Waals surface area contributed by atoms with Crippen molar-refractivity contribution in [2.75, 3.05) is 19.7 Å². The monoisotopic (exact) mass is 550 g/mol. The molecule has 3 rings (SSSR count). The Kier molecular flexibility index (Phi) is 11.2. The van der Waals surface area contributed by atoms with Crippen LogP contribution in [0.5, 0.6) is 17.2 Å². The van der Waals surface area contributed by atoms with Gasteiger partial charge in [0, 0.05) is 6.54 Å². The van der Waals surface area contributed by atoms with Crippen LogP contribution < -0.4 is 23.9 Å². The fourth-order valence-electron chi connectivity index (χ4n) is 3.44. The highest BCUT2D eigenvalue weighted by Gasteiger charge is 2.48. The predicted molar refractivity (Wildman–Crippen MR) is 153 cm³/mol. The van der Waals surface area contributed by atoms with Gasteiger partial charge in [-0.15, -0.1) is 0 Å². The molecule has 3 aromatic carbocycles. The summed E-state index contributed by atoms with van der Waals surface area (Å²) in [6.07, 6.45) is 1.23. The molecule has 0 spiro atoms. The average Bonchev–Trinajstić information content (AvgIpc) is 2.95. The van der Waals surface area contributed by atoms with E-state index in [4.69, 9.17) is 18.0 Å². The Balaban J connectivity index is 1.61. The average molecular weight is 551 g/mol. The zero-order valence-corrected chi connectivity index (χ0v) is 23.9. The number of rotatable bonds is 15. The van der Waals surface area contributed by atoms with E-state index in [2.05, 4.69) is 10.6 Å². The van der Waals surface area contributed by atoms with Crippen LogP contribution in [0.15, 0.2) is 91.0 Å². The molecule has 3 aromatic rings. The molecule has 2 amide bonds. The quantitative estimate of drug-likeness (QED) is 0.140. The van der Waals surface area contributed by atoms with Crippen LogP contribution in [0.1, 0.15) is 33.6 Å². The van der Waals surface area contributed by atoms with Gasteiger partial charge in [0.1, 0.15) is 23.9 Å². The van der Waals surface area contributed by atoms with Crippen molar-refractivity contribution in [2.24, 2.45) is 5.41 Å². The normalized spacial score (nSPS) is 11.3. The number of ether oxygens (including phenoxy) is 1. The summed E-state index contributed by atoms with van der Waals surface area (Å²) in [4.78, 5) is 24.3. The highest BCUT2D eigenvalue weighted by atomic mass is 28.4. The number of hydrogen-bond donors (Lipinski definition) is 2. The van der Waals surface area contributed by atoms with Crippen LogP contribution >= 0.6 is 0 Å². The number of para-hydroxylation sites is 3. The summed E-state index contributed by atoms with van der Waals surface area (Å²) in [5, 5.41) is 5.56. The van der Waals surface area contributed by atoms with E-state index in [0.29, 0.717) is 42.7 Å². The summed E-state index contributed by atoms with van der Waals surface area (Å²) in [6.45, 7) is 6.32. The predicted octanol–water partition coefficient (Wildman–Crippen LogP) is 5.83. The molecule has 8 nitrogen and oxygen atoms in total. The maximum absolute atomic E-state index is 12.3. The molecule has 0 aliphatic rings. The summed E-state index contributed by atoms with van der Waals surface area (Å²) < 4.78 is 24.7. The van der Waals surface area contributed by atoms with Crippen molar-refractivity contribution in [1.82, 2.24) is 10.6 Å². The van der Waals surface area contributed by atoms with Crippen molar-refractivity contribution in [3.63, 3.8) is 0 Å². The lowest BCUT2D eigenvalue weighted by Gasteiger charge is -2.30. The minimum atomic E-state index is -3.38. The maximum Gasteiger partial charge on any atom is 0.699 e. The van der Waals surface area contributed by atoms with Gasteiger partial charge >= 0.3 is 20.8 Å². The Morgan fingerprint density at radius 2 is 1.15 bits per heavy atom. The van der Waals surface area contributed by atoms with Gasteiger partial charge in [0.2, 0.25) is 0 Å². The molecule has 0 aromatic heterocycles. The smallest absolute Gasteiger partial charge is 0.483 e. The van der Waals surface area contributed by atoms with Gasteiger partial charge in [-0.1, -0.05) is 61.5 Å². The Bertz CT molecular complexity index is 1040. The summed E-state index contributed by atoms with van der Waals surface area (Å²) in [6, 6.07) is 28.4. The lowest BCUT2D eigenvalue weighted by Crippen LogP contribution is -2.55. The van der Waals surface area contributed by atoms with E-state index in [-0.39, 0.29) is 25.2 Å². The highest BCUT2D eigenvalue weighted by Crippen LogP contribution is 2.27. The molecule has 0 unspecified atom stereocenters. The standard InChI is InChI=1S/C30H38N2O6Si/c1-4-30(2,3)28(33)35-23-22-32-29(34)31-21-14-24-39(36-25-15-8-5-9-16-25,37-26-17-10-6-11-18-26)38-27-19-12-7-13-20-27/h5-13,15-20H,4,14,21-24H2,1-3H3,(H2,31,32,34). The van der Waals surface area contributed by atoms with Crippen molar-refractivity contribution >= 4 is 20.8 Å². The number of esters is 1. The number of hydrogen-bond acceptors (Lipinski definition) is 6. The molecule has 0 atom stereocenters. The number of urea groups is 1. The number of nitrogens with one attached hydrogen (secondary N) is 2. The van der Waals surface area contributed by atoms with Crippen molar-refractivity contribution in [3.8, 4) is 17.2 Å². The molecule has 0 radical (unpaired) electrons. The van der Waals surface area contributed by atoms with E-state index in [1.54, 1.807) is 0 Å². The van der Waals surface area contributed by atoms with Gasteiger partial charge in [0.15, 0.2) is 0 Å². The van der Waals surface area contributed by atoms with Crippen LogP contribution in [0.3, 0.4) is 0 Å². The van der Waals surface area contributed by atoms with Crippen LogP contribution in [0, 0.1) is 5.41 Å². The van der Waals surface area contributed by atoms with Gasteiger partial charge in [0.05, 0.1) is 18.0 Å². The lowest BCUT2D eigenvalue weighted by molar-refractivity contribution is -0.153. The van der Waals surface area contributed by atoms with Gasteiger partial charge in [-0.2, -0.15) is 0 Å². The third-order valence-corrected chi connectivity index (χ3v) is 8.66. The zero-order valence-electron chi connectivity index (χ0n) is 22.9. The van der Waals surface area contributed by atoms with Gasteiger partial charge in [0.25, 0.3) is 0 Å². The van der Waals surface area contributed by atoms with Crippen LogP contribution in [0.4, 0.5) is 4.79 Å². The molecule has 208 valence electrons. The van der Waals surface area contributed by atoms with E-state index in [1.165, 1.54) is 0 Å². The highest BCUT2D eigenvalue weighted by molar-refractivity contribution is 6.63. The number of carbonyl (C=O) groups is 2. The van der Waals surface area contributed by atoms with Crippen LogP contribution in [-0.2, 0) is 9.53 Å². The fraction of sp³-hybridized carbons (Fsp3) is 0.333. The summed E-state index contributed by atoms with van der Waals surface area (Å²) in [5.41, 5.74) is -0.538. The third-order valence-electron chi connectivity index (χ3n) is 6.05. The van der Waals surface area contributed by atoms with E-state index in [1.807, 2.05) is 112 Å². The molecule has 0 saturated heterocycles. The Morgan fingerprint density at radius 3 is 1.59 bits per heavy atom. The summed E-state index contributed by atoms with van der Waals surface area (Å²) in [7, 11) is -3.38. The van der Waals surface area contributed by atoms with Crippen molar-refractivity contribution in [2.45, 2.75) is 39.7 Å². The molecule has 9 heteroatoms. The van der Waals surface area contributed by atoms with Gasteiger partial charge in [-0.25, -0.2) is 4.79 Å². The first-order valence-electron chi connectivity index (χ1n) is 13.2. The lowest BCUT2D eigenvalue weighted by atomic mass is 9.91. The number of amides is 2. The molecule has 0 heterocycles. The fourth-order valence-corrected chi connectivity index (χ4v) is 5.96. The Hall–Kier alpha value is -3.98. The molecule has 0 aliphatic carbocycles. The van der Waals surface area contributed by atoms with Crippen molar-refractivity contribution in [1.29, 1.82) is 0 Å². The molecule has 0 fully saturated rings. The third kappa shape index (κ3) is 10.0. The van der Waals surface area contributed by atoms with Crippen molar-refractivity contribution < 1.29 is 27.6 Å². The second kappa shape index (κ2) is 14.8. The summed E-state index contributed by atoms with van der Waals surface area (Å²) >= 11 is 0. The van der Waals surface area contributed by atoms with Gasteiger partial charge in [-0.3, -0.25) is 4.79 Å². The first kappa shape index (κ1) is 29.6. The van der Waals surface area contributed by atoms with Gasteiger partial charge < -0.3 is 28.6 Å². The largest absolute Gasteiger partial charge is 0.699 e. The molecule has 0 aliphatic heterocycles. The summed E-state index contributed by atoms with van der Waals surface area (Å²) in [5.74, 6) is 1.65. The second-order valence-electron chi connectivity index (χ2n) is 9.59. The number of carbonyl (C=O) groups excluding carboxylic acids is 2. The first-order valence-corrected chi connectivity index (χ1v) is 15.2. The molecular weight excluding hydrogens is 512 g/mol. The molecule has 0 bridgehead atoms. The zero-order chi connectivity index (χ0) is 28.0. The van der Waals surface area contributed by atoms with E-state index in [0.717, 1.165) is 0 Å². The maximum atomic E-state index is 12.3. The first-order chi connectivity index (χ1) is 18.8. The van der Waals surface area contributed by atoms with E-state index >= 15 is 0 Å². The van der Waals surface area contributed by atoms with Crippen LogP contribution in [0.2, 0.25) is 6.04 Å². The molecular formula is C30H38N2O6Si. The Labute approximate surface area is 232 Å². The topological polar surface area (TPSA) is 95.1 Å². The minimum absolute atomic E-state index is 0.118. The van der Waals surface area contributed by atoms with Gasteiger partial charge in [-0.05, 0) is 63.1 Å². The number of benzene rings is 3. The Morgan fingerprint density at radius 1 is 0.718 bits per heavy atom.